The fourth-order valence-corrected chi connectivity index (χ4v) is 1.91. The predicted molar refractivity (Wildman–Crippen MR) is 73.5 cm³/mol. The first kappa shape index (κ1) is 16.9. The standard InChI is InChI=1S/C16H10F6O/c17-15(18,19)12-3-1-2-10(6-12)4-5-11-7-13(16(20,21)22)9-14(23)8-11/h1-9,23H/b5-4+. The van der Waals surface area contributed by atoms with Crippen LogP contribution >= 0.6 is 0 Å². The van der Waals surface area contributed by atoms with Crippen molar-refractivity contribution in [3.63, 3.8) is 0 Å². The molecule has 0 radical (unpaired) electrons. The first-order valence-corrected chi connectivity index (χ1v) is 6.32. The summed E-state index contributed by atoms with van der Waals surface area (Å²) in [5.74, 6) is -0.580. The van der Waals surface area contributed by atoms with Crippen LogP contribution in [0.3, 0.4) is 0 Å². The largest absolute Gasteiger partial charge is 0.508 e. The lowest BCUT2D eigenvalue weighted by atomic mass is 10.1. The van der Waals surface area contributed by atoms with E-state index in [0.717, 1.165) is 24.3 Å². The van der Waals surface area contributed by atoms with Crippen LogP contribution in [-0.2, 0) is 12.4 Å². The van der Waals surface area contributed by atoms with Gasteiger partial charge in [-0.2, -0.15) is 26.3 Å². The van der Waals surface area contributed by atoms with Gasteiger partial charge in [-0.15, -0.1) is 0 Å². The Balaban J connectivity index is 2.32. The molecule has 0 saturated carbocycles. The lowest BCUT2D eigenvalue weighted by Gasteiger charge is -2.08. The lowest BCUT2D eigenvalue weighted by molar-refractivity contribution is -0.138. The Labute approximate surface area is 127 Å². The van der Waals surface area contributed by atoms with Gasteiger partial charge in [-0.05, 0) is 41.5 Å². The van der Waals surface area contributed by atoms with Crippen LogP contribution in [0.4, 0.5) is 26.3 Å². The fourth-order valence-electron chi connectivity index (χ4n) is 1.91. The molecule has 0 aliphatic rings. The molecule has 0 aromatic heterocycles. The third-order valence-corrected chi connectivity index (χ3v) is 2.95. The van der Waals surface area contributed by atoms with Crippen molar-refractivity contribution >= 4 is 12.2 Å². The van der Waals surface area contributed by atoms with Crippen LogP contribution in [0, 0.1) is 0 Å². The van der Waals surface area contributed by atoms with Gasteiger partial charge in [0.1, 0.15) is 5.75 Å². The van der Waals surface area contributed by atoms with Crippen molar-refractivity contribution in [3.8, 4) is 5.75 Å². The van der Waals surface area contributed by atoms with Crippen molar-refractivity contribution in [3.05, 3.63) is 64.7 Å². The third kappa shape index (κ3) is 4.51. The maximum Gasteiger partial charge on any atom is 0.416 e. The zero-order valence-corrected chi connectivity index (χ0v) is 11.4. The Bertz CT molecular complexity index is 728. The van der Waals surface area contributed by atoms with E-state index in [9.17, 15) is 31.4 Å². The van der Waals surface area contributed by atoms with Crippen LogP contribution < -0.4 is 0 Å². The molecule has 0 heterocycles. The van der Waals surface area contributed by atoms with Gasteiger partial charge in [0.15, 0.2) is 0 Å². The van der Waals surface area contributed by atoms with Crippen LogP contribution in [0.5, 0.6) is 5.75 Å². The molecule has 0 aliphatic heterocycles. The average Bonchev–Trinajstić information content (AvgIpc) is 2.43. The molecule has 0 saturated heterocycles. The molecule has 1 N–H and O–H groups in total. The van der Waals surface area contributed by atoms with E-state index in [-0.39, 0.29) is 11.1 Å². The van der Waals surface area contributed by atoms with Crippen molar-refractivity contribution in [1.82, 2.24) is 0 Å². The number of phenols is 1. The maximum absolute atomic E-state index is 12.6. The molecule has 2 aromatic rings. The molecular formula is C16H10F6O. The number of phenolic OH excluding ortho intramolecular Hbond substituents is 1. The molecule has 0 unspecified atom stereocenters. The molecule has 0 atom stereocenters. The summed E-state index contributed by atoms with van der Waals surface area (Å²) in [6, 6.07) is 6.81. The van der Waals surface area contributed by atoms with E-state index < -0.39 is 29.2 Å². The van der Waals surface area contributed by atoms with Gasteiger partial charge in [-0.1, -0.05) is 24.3 Å². The Hall–Kier alpha value is -2.44. The van der Waals surface area contributed by atoms with Gasteiger partial charge < -0.3 is 5.11 Å². The van der Waals surface area contributed by atoms with Gasteiger partial charge in [0.05, 0.1) is 11.1 Å². The third-order valence-electron chi connectivity index (χ3n) is 2.95. The molecule has 1 nitrogen and oxygen atoms in total. The van der Waals surface area contributed by atoms with Crippen molar-refractivity contribution in [2.45, 2.75) is 12.4 Å². The van der Waals surface area contributed by atoms with E-state index in [1.807, 2.05) is 0 Å². The number of benzene rings is 2. The van der Waals surface area contributed by atoms with Gasteiger partial charge >= 0.3 is 12.4 Å². The number of aromatic hydroxyl groups is 1. The Morgan fingerprint density at radius 1 is 0.696 bits per heavy atom. The molecule has 2 rings (SSSR count). The zero-order valence-electron chi connectivity index (χ0n) is 11.4. The quantitative estimate of drug-likeness (QED) is 0.560. The summed E-state index contributed by atoms with van der Waals surface area (Å²) in [7, 11) is 0. The molecule has 0 bridgehead atoms. The van der Waals surface area contributed by atoms with Crippen LogP contribution in [0.15, 0.2) is 42.5 Å². The van der Waals surface area contributed by atoms with Crippen LogP contribution in [0.2, 0.25) is 0 Å². The average molecular weight is 332 g/mol. The number of rotatable bonds is 2. The van der Waals surface area contributed by atoms with Gasteiger partial charge in [-0.3, -0.25) is 0 Å². The monoisotopic (exact) mass is 332 g/mol. The summed E-state index contributed by atoms with van der Waals surface area (Å²) < 4.78 is 75.7. The molecule has 23 heavy (non-hydrogen) atoms. The summed E-state index contributed by atoms with van der Waals surface area (Å²) in [5, 5.41) is 9.32. The minimum atomic E-state index is -4.63. The topological polar surface area (TPSA) is 20.2 Å². The number of hydrogen-bond donors (Lipinski definition) is 1. The van der Waals surface area contributed by atoms with E-state index in [4.69, 9.17) is 0 Å². The highest BCUT2D eigenvalue weighted by atomic mass is 19.4. The summed E-state index contributed by atoms with van der Waals surface area (Å²) in [5.41, 5.74) is -1.70. The summed E-state index contributed by atoms with van der Waals surface area (Å²) in [4.78, 5) is 0. The van der Waals surface area contributed by atoms with Crippen molar-refractivity contribution in [2.75, 3.05) is 0 Å². The molecule has 7 heteroatoms. The maximum atomic E-state index is 12.6. The molecule has 122 valence electrons. The van der Waals surface area contributed by atoms with Crippen LogP contribution in [-0.4, -0.2) is 5.11 Å². The second-order valence-electron chi connectivity index (χ2n) is 4.77. The second kappa shape index (κ2) is 5.98. The van der Waals surface area contributed by atoms with E-state index >= 15 is 0 Å². The molecule has 0 aliphatic carbocycles. The number of alkyl halides is 6. The highest BCUT2D eigenvalue weighted by molar-refractivity contribution is 5.71. The molecule has 2 aromatic carbocycles. The smallest absolute Gasteiger partial charge is 0.416 e. The first-order valence-electron chi connectivity index (χ1n) is 6.32. The summed E-state index contributed by atoms with van der Waals surface area (Å²) in [6.45, 7) is 0. The van der Waals surface area contributed by atoms with Gasteiger partial charge in [-0.25, -0.2) is 0 Å². The van der Waals surface area contributed by atoms with Crippen LogP contribution in [0.25, 0.3) is 12.2 Å². The summed E-state index contributed by atoms with van der Waals surface area (Å²) >= 11 is 0. The van der Waals surface area contributed by atoms with Gasteiger partial charge in [0.25, 0.3) is 0 Å². The number of halogens is 6. The number of hydrogen-bond acceptors (Lipinski definition) is 1. The Kier molecular flexibility index (Phi) is 4.40. The normalized spacial score (nSPS) is 12.8. The van der Waals surface area contributed by atoms with E-state index in [1.54, 1.807) is 0 Å². The minimum Gasteiger partial charge on any atom is -0.508 e. The van der Waals surface area contributed by atoms with Gasteiger partial charge in [0, 0.05) is 0 Å². The SMILES string of the molecule is Oc1cc(/C=C/c2cccc(C(F)(F)F)c2)cc(C(F)(F)F)c1. The minimum absolute atomic E-state index is 0.0229. The highest BCUT2D eigenvalue weighted by Gasteiger charge is 2.31. The van der Waals surface area contributed by atoms with Crippen LogP contribution in [0.1, 0.15) is 22.3 Å². The van der Waals surface area contributed by atoms with E-state index in [2.05, 4.69) is 0 Å². The van der Waals surface area contributed by atoms with Crippen molar-refractivity contribution in [1.29, 1.82) is 0 Å². The van der Waals surface area contributed by atoms with Crippen molar-refractivity contribution in [2.24, 2.45) is 0 Å². The van der Waals surface area contributed by atoms with Crippen molar-refractivity contribution < 1.29 is 31.4 Å². The zero-order chi connectivity index (χ0) is 17.3. The first-order chi connectivity index (χ1) is 10.6. The highest BCUT2D eigenvalue weighted by Crippen LogP contribution is 2.33. The predicted octanol–water partition coefficient (Wildman–Crippen LogP) is 5.60. The Morgan fingerprint density at radius 2 is 1.26 bits per heavy atom. The summed E-state index contributed by atoms with van der Waals surface area (Å²) in [6.07, 6.45) is -6.69. The second-order valence-corrected chi connectivity index (χ2v) is 4.77. The van der Waals surface area contributed by atoms with Gasteiger partial charge in [0.2, 0.25) is 0 Å². The van der Waals surface area contributed by atoms with E-state index in [0.29, 0.717) is 6.07 Å². The lowest BCUT2D eigenvalue weighted by Crippen LogP contribution is -2.04. The fraction of sp³-hybridized carbons (Fsp3) is 0.125. The molecule has 0 fully saturated rings. The molecule has 0 amide bonds. The Morgan fingerprint density at radius 3 is 1.87 bits per heavy atom. The molecule has 0 spiro atoms. The van der Waals surface area contributed by atoms with E-state index in [1.165, 1.54) is 24.3 Å². The molecular weight excluding hydrogens is 322 g/mol.